The minimum atomic E-state index is -0.377. The van der Waals surface area contributed by atoms with E-state index in [1.54, 1.807) is 29.5 Å². The van der Waals surface area contributed by atoms with Crippen molar-refractivity contribution in [2.24, 2.45) is 0 Å². The van der Waals surface area contributed by atoms with Crippen molar-refractivity contribution in [3.63, 3.8) is 0 Å². The number of fused-ring (bicyclic) bond motifs is 1. The standard InChI is InChI=1S/C15H14FN3O2S/c1-9-17-7-11(22-9)8-19(2)15(20)6-13-12-5-10(16)3-4-14(12)21-18-13/h3-5,7H,6,8H2,1-2H3. The summed E-state index contributed by atoms with van der Waals surface area (Å²) in [5, 5.41) is 5.37. The molecule has 7 heteroatoms. The van der Waals surface area contributed by atoms with E-state index in [-0.39, 0.29) is 18.1 Å². The first-order chi connectivity index (χ1) is 10.5. The molecule has 5 nitrogen and oxygen atoms in total. The molecular weight excluding hydrogens is 305 g/mol. The van der Waals surface area contributed by atoms with Crippen molar-refractivity contribution < 1.29 is 13.7 Å². The Morgan fingerprint density at radius 1 is 1.45 bits per heavy atom. The predicted molar refractivity (Wildman–Crippen MR) is 81.0 cm³/mol. The Bertz CT molecular complexity index is 827. The maximum Gasteiger partial charge on any atom is 0.228 e. The lowest BCUT2D eigenvalue weighted by molar-refractivity contribution is -0.129. The average molecular weight is 319 g/mol. The molecule has 0 saturated heterocycles. The molecule has 2 aromatic heterocycles. The van der Waals surface area contributed by atoms with Gasteiger partial charge in [0.1, 0.15) is 11.5 Å². The van der Waals surface area contributed by atoms with Gasteiger partial charge in [0.15, 0.2) is 5.58 Å². The first kappa shape index (κ1) is 14.6. The fraction of sp³-hybridized carbons (Fsp3) is 0.267. The number of hydrogen-bond donors (Lipinski definition) is 0. The third kappa shape index (κ3) is 2.99. The van der Waals surface area contributed by atoms with Gasteiger partial charge in [0.25, 0.3) is 0 Å². The lowest BCUT2D eigenvalue weighted by atomic mass is 10.1. The van der Waals surface area contributed by atoms with Crippen molar-refractivity contribution in [1.82, 2.24) is 15.0 Å². The second-order valence-electron chi connectivity index (χ2n) is 5.04. The molecule has 0 radical (unpaired) electrons. The van der Waals surface area contributed by atoms with Crippen LogP contribution < -0.4 is 0 Å². The van der Waals surface area contributed by atoms with Gasteiger partial charge in [0.05, 0.1) is 18.0 Å². The topological polar surface area (TPSA) is 59.2 Å². The van der Waals surface area contributed by atoms with E-state index in [1.807, 2.05) is 6.92 Å². The van der Waals surface area contributed by atoms with E-state index in [0.717, 1.165) is 9.88 Å². The number of thiazole rings is 1. The lowest BCUT2D eigenvalue weighted by Gasteiger charge is -2.15. The molecule has 2 heterocycles. The van der Waals surface area contributed by atoms with Gasteiger partial charge in [-0.3, -0.25) is 4.79 Å². The van der Waals surface area contributed by atoms with E-state index in [1.165, 1.54) is 18.2 Å². The van der Waals surface area contributed by atoms with Gasteiger partial charge in [-0.25, -0.2) is 9.37 Å². The van der Waals surface area contributed by atoms with Crippen LogP contribution >= 0.6 is 11.3 Å². The number of aromatic nitrogens is 2. The number of carbonyl (C=O) groups excluding carboxylic acids is 1. The number of likely N-dealkylation sites (N-methyl/N-ethyl adjacent to an activating group) is 1. The number of halogens is 1. The van der Waals surface area contributed by atoms with Crippen LogP contribution in [-0.4, -0.2) is 28.0 Å². The summed E-state index contributed by atoms with van der Waals surface area (Å²) in [4.78, 5) is 19.1. The van der Waals surface area contributed by atoms with Crippen LogP contribution in [-0.2, 0) is 17.8 Å². The molecule has 0 saturated carbocycles. The molecule has 0 fully saturated rings. The van der Waals surface area contributed by atoms with E-state index in [0.29, 0.717) is 23.2 Å². The minimum Gasteiger partial charge on any atom is -0.356 e. The molecule has 22 heavy (non-hydrogen) atoms. The highest BCUT2D eigenvalue weighted by Crippen LogP contribution is 2.21. The van der Waals surface area contributed by atoms with Crippen LogP contribution in [0.1, 0.15) is 15.6 Å². The molecule has 0 spiro atoms. The molecule has 1 aromatic carbocycles. The second kappa shape index (κ2) is 5.84. The normalized spacial score (nSPS) is 11.0. The molecule has 0 aliphatic carbocycles. The SMILES string of the molecule is Cc1ncc(CN(C)C(=O)Cc2noc3ccc(F)cc23)s1. The van der Waals surface area contributed by atoms with E-state index in [4.69, 9.17) is 4.52 Å². The van der Waals surface area contributed by atoms with Crippen LogP contribution in [0.15, 0.2) is 28.9 Å². The summed E-state index contributed by atoms with van der Waals surface area (Å²) in [7, 11) is 1.72. The Morgan fingerprint density at radius 3 is 3.00 bits per heavy atom. The molecule has 1 amide bonds. The van der Waals surface area contributed by atoms with Gasteiger partial charge in [-0.1, -0.05) is 5.16 Å². The summed E-state index contributed by atoms with van der Waals surface area (Å²) < 4.78 is 18.4. The summed E-state index contributed by atoms with van der Waals surface area (Å²) >= 11 is 1.56. The number of amides is 1. The van der Waals surface area contributed by atoms with Crippen molar-refractivity contribution in [3.05, 3.63) is 45.8 Å². The summed E-state index contributed by atoms with van der Waals surface area (Å²) in [6.45, 7) is 2.42. The summed E-state index contributed by atoms with van der Waals surface area (Å²) in [5.41, 5.74) is 0.928. The van der Waals surface area contributed by atoms with Gasteiger partial charge >= 0.3 is 0 Å². The largest absolute Gasteiger partial charge is 0.356 e. The third-order valence-electron chi connectivity index (χ3n) is 3.31. The van der Waals surface area contributed by atoms with Crippen molar-refractivity contribution in [3.8, 4) is 0 Å². The first-order valence-corrected chi connectivity index (χ1v) is 7.53. The first-order valence-electron chi connectivity index (χ1n) is 6.72. The zero-order chi connectivity index (χ0) is 15.7. The lowest BCUT2D eigenvalue weighted by Crippen LogP contribution is -2.27. The third-order valence-corrected chi connectivity index (χ3v) is 4.21. The molecule has 0 unspecified atom stereocenters. The number of benzene rings is 1. The zero-order valence-corrected chi connectivity index (χ0v) is 13.0. The Hall–Kier alpha value is -2.28. The summed E-state index contributed by atoms with van der Waals surface area (Å²) in [5.74, 6) is -0.483. The molecule has 114 valence electrons. The number of nitrogens with zero attached hydrogens (tertiary/aromatic N) is 3. The van der Waals surface area contributed by atoms with E-state index >= 15 is 0 Å². The Kier molecular flexibility index (Phi) is 3.89. The smallest absolute Gasteiger partial charge is 0.228 e. The monoisotopic (exact) mass is 319 g/mol. The van der Waals surface area contributed by atoms with E-state index < -0.39 is 0 Å². The fourth-order valence-corrected chi connectivity index (χ4v) is 3.02. The highest BCUT2D eigenvalue weighted by Gasteiger charge is 2.16. The van der Waals surface area contributed by atoms with Gasteiger partial charge in [-0.2, -0.15) is 0 Å². The number of rotatable bonds is 4. The van der Waals surface area contributed by atoms with Crippen molar-refractivity contribution in [2.75, 3.05) is 7.05 Å². The molecule has 3 rings (SSSR count). The van der Waals surface area contributed by atoms with Crippen LogP contribution in [0.2, 0.25) is 0 Å². The van der Waals surface area contributed by atoms with Crippen molar-refractivity contribution in [1.29, 1.82) is 0 Å². The molecule has 0 aliphatic rings. The summed E-state index contributed by atoms with van der Waals surface area (Å²) in [6.07, 6.45) is 1.84. The van der Waals surface area contributed by atoms with Crippen LogP contribution in [0.4, 0.5) is 4.39 Å². The average Bonchev–Trinajstić information content (AvgIpc) is 3.05. The molecule has 0 atom stereocenters. The van der Waals surface area contributed by atoms with E-state index in [2.05, 4.69) is 10.1 Å². The van der Waals surface area contributed by atoms with Crippen LogP contribution in [0.25, 0.3) is 11.0 Å². The molecular formula is C15H14FN3O2S. The maximum atomic E-state index is 13.3. The van der Waals surface area contributed by atoms with Crippen LogP contribution in [0.3, 0.4) is 0 Å². The molecule has 0 bridgehead atoms. The Balaban J connectivity index is 1.73. The zero-order valence-electron chi connectivity index (χ0n) is 12.2. The van der Waals surface area contributed by atoms with E-state index in [9.17, 15) is 9.18 Å². The minimum absolute atomic E-state index is 0.0741. The molecule has 0 aliphatic heterocycles. The number of carbonyl (C=O) groups is 1. The highest BCUT2D eigenvalue weighted by molar-refractivity contribution is 7.11. The Labute approximate surface area is 130 Å². The van der Waals surface area contributed by atoms with Crippen LogP contribution in [0, 0.1) is 12.7 Å². The van der Waals surface area contributed by atoms with Gasteiger partial charge in [-0.15, -0.1) is 11.3 Å². The van der Waals surface area contributed by atoms with Gasteiger partial charge < -0.3 is 9.42 Å². The van der Waals surface area contributed by atoms with Gasteiger partial charge in [0, 0.05) is 23.5 Å². The molecule has 0 N–H and O–H groups in total. The van der Waals surface area contributed by atoms with Gasteiger partial charge in [0.2, 0.25) is 5.91 Å². The van der Waals surface area contributed by atoms with Crippen molar-refractivity contribution >= 4 is 28.2 Å². The number of hydrogen-bond acceptors (Lipinski definition) is 5. The quantitative estimate of drug-likeness (QED) is 0.742. The van der Waals surface area contributed by atoms with Gasteiger partial charge in [-0.05, 0) is 25.1 Å². The highest BCUT2D eigenvalue weighted by atomic mass is 32.1. The summed E-state index contributed by atoms with van der Waals surface area (Å²) in [6, 6.07) is 4.15. The Morgan fingerprint density at radius 2 is 2.27 bits per heavy atom. The number of aryl methyl sites for hydroxylation is 1. The second-order valence-corrected chi connectivity index (χ2v) is 6.36. The maximum absolute atomic E-state index is 13.3. The van der Waals surface area contributed by atoms with Crippen LogP contribution in [0.5, 0.6) is 0 Å². The predicted octanol–water partition coefficient (Wildman–Crippen LogP) is 2.93. The van der Waals surface area contributed by atoms with Crippen molar-refractivity contribution in [2.45, 2.75) is 19.9 Å². The fourth-order valence-electron chi connectivity index (χ4n) is 2.17. The molecule has 3 aromatic rings.